The topological polar surface area (TPSA) is 42.0 Å². The summed E-state index contributed by atoms with van der Waals surface area (Å²) in [6, 6.07) is 10.5. The third-order valence-corrected chi connectivity index (χ3v) is 2.61. The lowest BCUT2D eigenvalue weighted by atomic mass is 10.2. The van der Waals surface area contributed by atoms with Gasteiger partial charge in [-0.05, 0) is 18.2 Å². The Balaban J connectivity index is 2.23. The molecule has 17 heavy (non-hydrogen) atoms. The van der Waals surface area contributed by atoms with Crippen LogP contribution in [-0.2, 0) is 0 Å². The number of anilines is 1. The maximum absolute atomic E-state index is 11.9. The monoisotopic (exact) mass is 266 g/mol. The van der Waals surface area contributed by atoms with Gasteiger partial charge in [0, 0.05) is 11.9 Å². The van der Waals surface area contributed by atoms with Crippen LogP contribution in [0.25, 0.3) is 0 Å². The predicted molar refractivity (Wildman–Crippen MR) is 68.7 cm³/mol. The molecule has 0 unspecified atom stereocenters. The Hall–Kier alpha value is -1.58. The molecule has 0 bridgehead atoms. The number of benzene rings is 1. The molecule has 0 saturated carbocycles. The zero-order valence-electron chi connectivity index (χ0n) is 8.65. The number of hydrogen-bond acceptors (Lipinski definition) is 2. The Morgan fingerprint density at radius 3 is 2.59 bits per heavy atom. The molecule has 0 atom stereocenters. The molecule has 2 aromatic rings. The second kappa shape index (κ2) is 5.17. The van der Waals surface area contributed by atoms with Crippen molar-refractivity contribution < 1.29 is 4.79 Å². The van der Waals surface area contributed by atoms with Crippen molar-refractivity contribution in [3.63, 3.8) is 0 Å². The summed E-state index contributed by atoms with van der Waals surface area (Å²) in [6.45, 7) is 0. The first-order valence-electron chi connectivity index (χ1n) is 4.84. The molecule has 0 spiro atoms. The predicted octanol–water partition coefficient (Wildman–Crippen LogP) is 3.64. The average Bonchev–Trinajstić information content (AvgIpc) is 2.33. The number of para-hydroxylation sites is 1. The summed E-state index contributed by atoms with van der Waals surface area (Å²) in [4.78, 5) is 15.7. The van der Waals surface area contributed by atoms with Gasteiger partial charge in [0.05, 0.1) is 10.6 Å². The summed E-state index contributed by atoms with van der Waals surface area (Å²) in [5.41, 5.74) is 0.997. The van der Waals surface area contributed by atoms with Gasteiger partial charge < -0.3 is 5.32 Å². The van der Waals surface area contributed by atoms with Crippen molar-refractivity contribution in [2.45, 2.75) is 0 Å². The molecule has 0 fully saturated rings. The summed E-state index contributed by atoms with van der Waals surface area (Å²) in [7, 11) is 0. The lowest BCUT2D eigenvalue weighted by molar-refractivity contribution is 0.102. The van der Waals surface area contributed by atoms with Gasteiger partial charge in [-0.15, -0.1) is 0 Å². The highest BCUT2D eigenvalue weighted by Gasteiger charge is 2.11. The van der Waals surface area contributed by atoms with E-state index in [1.165, 1.54) is 12.3 Å². The zero-order chi connectivity index (χ0) is 12.3. The Kier molecular flexibility index (Phi) is 3.61. The molecule has 1 heterocycles. The molecule has 5 heteroatoms. The standard InChI is InChI=1S/C12H8Cl2N2O/c13-10-7-15-11(14)6-9(10)12(17)16-8-4-2-1-3-5-8/h1-7H,(H,16,17). The maximum atomic E-state index is 11.9. The van der Waals surface area contributed by atoms with Gasteiger partial charge in [-0.2, -0.15) is 0 Å². The first-order valence-corrected chi connectivity index (χ1v) is 5.60. The van der Waals surface area contributed by atoms with E-state index in [1.807, 2.05) is 18.2 Å². The van der Waals surface area contributed by atoms with E-state index in [0.717, 1.165) is 0 Å². The number of hydrogen-bond donors (Lipinski definition) is 1. The van der Waals surface area contributed by atoms with Crippen molar-refractivity contribution in [2.24, 2.45) is 0 Å². The third-order valence-electron chi connectivity index (χ3n) is 2.10. The van der Waals surface area contributed by atoms with Crippen LogP contribution in [-0.4, -0.2) is 10.9 Å². The maximum Gasteiger partial charge on any atom is 0.257 e. The van der Waals surface area contributed by atoms with Gasteiger partial charge in [0.15, 0.2) is 0 Å². The van der Waals surface area contributed by atoms with Crippen LogP contribution in [0.3, 0.4) is 0 Å². The number of pyridine rings is 1. The van der Waals surface area contributed by atoms with Crippen LogP contribution >= 0.6 is 23.2 Å². The van der Waals surface area contributed by atoms with Gasteiger partial charge in [0.1, 0.15) is 5.15 Å². The summed E-state index contributed by atoms with van der Waals surface area (Å²) in [5.74, 6) is -0.314. The van der Waals surface area contributed by atoms with Crippen LogP contribution in [0.15, 0.2) is 42.6 Å². The minimum Gasteiger partial charge on any atom is -0.322 e. The fraction of sp³-hybridized carbons (Fsp3) is 0. The van der Waals surface area contributed by atoms with Crippen LogP contribution in [0.2, 0.25) is 10.2 Å². The van der Waals surface area contributed by atoms with Crippen LogP contribution in [0.1, 0.15) is 10.4 Å². The van der Waals surface area contributed by atoms with Crippen molar-refractivity contribution >= 4 is 34.8 Å². The third kappa shape index (κ3) is 2.96. The number of nitrogens with one attached hydrogen (secondary N) is 1. The zero-order valence-corrected chi connectivity index (χ0v) is 10.2. The first kappa shape index (κ1) is 11.9. The number of carbonyl (C=O) groups excluding carboxylic acids is 1. The molecule has 1 aromatic heterocycles. The van der Waals surface area contributed by atoms with Gasteiger partial charge in [-0.3, -0.25) is 4.79 Å². The van der Waals surface area contributed by atoms with Crippen molar-refractivity contribution in [1.82, 2.24) is 4.98 Å². The van der Waals surface area contributed by atoms with Crippen molar-refractivity contribution in [3.8, 4) is 0 Å². The highest BCUT2D eigenvalue weighted by molar-refractivity contribution is 6.35. The van der Waals surface area contributed by atoms with Gasteiger partial charge in [0.25, 0.3) is 5.91 Å². The molecular weight excluding hydrogens is 259 g/mol. The molecular formula is C12H8Cl2N2O. The summed E-state index contributed by atoms with van der Waals surface area (Å²) in [5, 5.41) is 3.21. The largest absolute Gasteiger partial charge is 0.322 e. The van der Waals surface area contributed by atoms with Gasteiger partial charge >= 0.3 is 0 Å². The van der Waals surface area contributed by atoms with Gasteiger partial charge in [0.2, 0.25) is 0 Å². The number of nitrogens with zero attached hydrogens (tertiary/aromatic N) is 1. The van der Waals surface area contributed by atoms with Crippen LogP contribution < -0.4 is 5.32 Å². The van der Waals surface area contributed by atoms with Crippen LogP contribution in [0, 0.1) is 0 Å². The molecule has 0 aliphatic heterocycles. The Morgan fingerprint density at radius 2 is 1.88 bits per heavy atom. The Bertz CT molecular complexity index is 543. The van der Waals surface area contributed by atoms with E-state index in [4.69, 9.17) is 23.2 Å². The normalized spacial score (nSPS) is 10.0. The molecule has 0 aliphatic rings. The van der Waals surface area contributed by atoms with E-state index >= 15 is 0 Å². The minimum absolute atomic E-state index is 0.229. The number of aromatic nitrogens is 1. The van der Waals surface area contributed by atoms with Gasteiger partial charge in [-0.1, -0.05) is 41.4 Å². The lowest BCUT2D eigenvalue weighted by Gasteiger charge is -2.06. The average molecular weight is 267 g/mol. The highest BCUT2D eigenvalue weighted by Crippen LogP contribution is 2.19. The number of carbonyl (C=O) groups is 1. The van der Waals surface area contributed by atoms with Crippen LogP contribution in [0.4, 0.5) is 5.69 Å². The second-order valence-corrected chi connectivity index (χ2v) is 4.10. The van der Waals surface area contributed by atoms with Crippen LogP contribution in [0.5, 0.6) is 0 Å². The summed E-state index contributed by atoms with van der Waals surface area (Å²) in [6.07, 6.45) is 1.35. The molecule has 1 N–H and O–H groups in total. The van der Waals surface area contributed by atoms with E-state index in [2.05, 4.69) is 10.3 Å². The molecule has 0 saturated heterocycles. The first-order chi connectivity index (χ1) is 8.16. The van der Waals surface area contributed by atoms with Crippen molar-refractivity contribution in [2.75, 3.05) is 5.32 Å². The molecule has 86 valence electrons. The minimum atomic E-state index is -0.314. The van der Waals surface area contributed by atoms with E-state index in [0.29, 0.717) is 11.3 Å². The second-order valence-electron chi connectivity index (χ2n) is 3.31. The number of rotatable bonds is 2. The van der Waals surface area contributed by atoms with E-state index in [9.17, 15) is 4.79 Å². The Morgan fingerprint density at radius 1 is 1.18 bits per heavy atom. The molecule has 1 aromatic carbocycles. The van der Waals surface area contributed by atoms with E-state index < -0.39 is 0 Å². The van der Waals surface area contributed by atoms with E-state index in [-0.39, 0.29) is 16.1 Å². The molecule has 0 radical (unpaired) electrons. The lowest BCUT2D eigenvalue weighted by Crippen LogP contribution is -2.12. The summed E-state index contributed by atoms with van der Waals surface area (Å²) < 4.78 is 0. The van der Waals surface area contributed by atoms with Crippen molar-refractivity contribution in [3.05, 3.63) is 58.3 Å². The quantitative estimate of drug-likeness (QED) is 0.844. The van der Waals surface area contributed by atoms with Crippen molar-refractivity contribution in [1.29, 1.82) is 0 Å². The summed E-state index contributed by atoms with van der Waals surface area (Å²) >= 11 is 11.6. The van der Waals surface area contributed by atoms with Gasteiger partial charge in [-0.25, -0.2) is 4.98 Å². The fourth-order valence-electron chi connectivity index (χ4n) is 1.31. The molecule has 2 rings (SSSR count). The Labute approximate surface area is 108 Å². The molecule has 1 amide bonds. The SMILES string of the molecule is O=C(Nc1ccccc1)c1cc(Cl)ncc1Cl. The number of halogens is 2. The molecule has 0 aliphatic carbocycles. The number of amides is 1. The highest BCUT2D eigenvalue weighted by atomic mass is 35.5. The molecule has 3 nitrogen and oxygen atoms in total. The fourth-order valence-corrected chi connectivity index (χ4v) is 1.65. The smallest absolute Gasteiger partial charge is 0.257 e. The van der Waals surface area contributed by atoms with E-state index in [1.54, 1.807) is 12.1 Å².